The van der Waals surface area contributed by atoms with E-state index in [0.717, 1.165) is 0 Å². The van der Waals surface area contributed by atoms with Gasteiger partial charge in [-0.15, -0.1) is 0 Å². The van der Waals surface area contributed by atoms with Crippen LogP contribution in [0, 0.1) is 0 Å². The first-order valence-electron chi connectivity index (χ1n) is 2.66. The third-order valence-corrected chi connectivity index (χ3v) is 0.399. The third kappa shape index (κ3) is 26.4. The van der Waals surface area contributed by atoms with Gasteiger partial charge in [-0.3, -0.25) is 0 Å². The Bertz CT molecular complexity index is 80.1. The average molecular weight is 152 g/mol. The minimum absolute atomic E-state index is 0.139. The maximum Gasteiger partial charge on any atom is 0.329 e. The maximum atomic E-state index is 9.12. The molecule has 5 nitrogen and oxygen atoms in total. The van der Waals surface area contributed by atoms with E-state index in [4.69, 9.17) is 25.2 Å². The zero-order chi connectivity index (χ0) is 8.57. The molecular weight excluding hydrogens is 140 g/mol. The summed E-state index contributed by atoms with van der Waals surface area (Å²) in [5.41, 5.74) is 0. The highest BCUT2D eigenvalue weighted by atomic mass is 16.4. The Hall–Kier alpha value is -0.650. The maximum absolute atomic E-state index is 9.12. The zero-order valence-corrected chi connectivity index (χ0v) is 5.69. The van der Waals surface area contributed by atoms with Crippen LogP contribution in [0.3, 0.4) is 0 Å². The summed E-state index contributed by atoms with van der Waals surface area (Å²) in [5.74, 6) is -1.19. The number of carboxylic acids is 1. The fraction of sp³-hybridized carbons (Fsp3) is 0.800. The summed E-state index contributed by atoms with van der Waals surface area (Å²) < 4.78 is 0. The van der Waals surface area contributed by atoms with E-state index in [0.29, 0.717) is 0 Å². The predicted octanol–water partition coefficient (Wildman–Crippen LogP) is -1.58. The molecule has 0 saturated heterocycles. The highest BCUT2D eigenvalue weighted by molar-refractivity contribution is 5.67. The first-order valence-corrected chi connectivity index (χ1v) is 2.66. The molecule has 0 radical (unpaired) electrons. The summed E-state index contributed by atoms with van der Waals surface area (Å²) in [6.45, 7) is 0.611. The monoisotopic (exact) mass is 152 g/mol. The summed E-state index contributed by atoms with van der Waals surface area (Å²) in [5, 5.41) is 31.0. The van der Waals surface area contributed by atoms with Gasteiger partial charge < -0.3 is 20.4 Å². The molecule has 0 heterocycles. The molecule has 62 valence electrons. The Labute approximate surface area is 58.5 Å². The molecular formula is C5H12O5. The van der Waals surface area contributed by atoms with Gasteiger partial charge in [0.05, 0.1) is 12.7 Å². The second-order valence-electron chi connectivity index (χ2n) is 1.58. The standard InChI is InChI=1S/C3H8O2.C2H4O3/c1-3(5)2-4;3-1-2(4)5/h3-5H,2H2,1H3;3H,1H2,(H,4,5). The van der Waals surface area contributed by atoms with E-state index in [-0.39, 0.29) is 6.61 Å². The number of rotatable bonds is 2. The van der Waals surface area contributed by atoms with Crippen molar-refractivity contribution in [2.24, 2.45) is 0 Å². The van der Waals surface area contributed by atoms with Gasteiger partial charge in [-0.1, -0.05) is 0 Å². The van der Waals surface area contributed by atoms with Crippen LogP contribution in [0.25, 0.3) is 0 Å². The van der Waals surface area contributed by atoms with Crippen molar-refractivity contribution in [3.63, 3.8) is 0 Å². The van der Waals surface area contributed by atoms with Crippen LogP contribution in [0.4, 0.5) is 0 Å². The summed E-state index contributed by atoms with van der Waals surface area (Å²) >= 11 is 0. The molecule has 0 rings (SSSR count). The lowest BCUT2D eigenvalue weighted by molar-refractivity contribution is -0.140. The lowest BCUT2D eigenvalue weighted by Crippen LogP contribution is -2.03. The van der Waals surface area contributed by atoms with Crippen LogP contribution in [0.5, 0.6) is 0 Å². The topological polar surface area (TPSA) is 98.0 Å². The molecule has 0 aliphatic carbocycles. The Morgan fingerprint density at radius 1 is 1.50 bits per heavy atom. The molecule has 1 atom stereocenters. The molecule has 0 aliphatic rings. The molecule has 0 aromatic heterocycles. The van der Waals surface area contributed by atoms with Gasteiger partial charge in [0, 0.05) is 0 Å². The van der Waals surface area contributed by atoms with Gasteiger partial charge in [-0.25, -0.2) is 4.79 Å². The van der Waals surface area contributed by atoms with Crippen molar-refractivity contribution in [2.75, 3.05) is 13.2 Å². The minimum Gasteiger partial charge on any atom is -0.480 e. The second-order valence-corrected chi connectivity index (χ2v) is 1.58. The number of carboxylic acid groups (broad SMARTS) is 1. The first-order chi connectivity index (χ1) is 4.54. The zero-order valence-electron chi connectivity index (χ0n) is 5.69. The molecule has 0 fully saturated rings. The van der Waals surface area contributed by atoms with Gasteiger partial charge in [0.2, 0.25) is 0 Å². The lowest BCUT2D eigenvalue weighted by atomic mass is 10.5. The molecule has 4 N–H and O–H groups in total. The minimum atomic E-state index is -1.19. The number of carbonyl (C=O) groups is 1. The molecule has 0 bridgehead atoms. The van der Waals surface area contributed by atoms with Crippen molar-refractivity contribution in [3.05, 3.63) is 0 Å². The second kappa shape index (κ2) is 8.35. The number of hydrogen-bond donors (Lipinski definition) is 4. The Balaban J connectivity index is 0. The summed E-state index contributed by atoms with van der Waals surface area (Å²) in [4.78, 5) is 9.12. The van der Waals surface area contributed by atoms with Crippen LogP contribution in [0.1, 0.15) is 6.92 Å². The van der Waals surface area contributed by atoms with E-state index >= 15 is 0 Å². The van der Waals surface area contributed by atoms with Gasteiger partial charge in [-0.2, -0.15) is 0 Å². The average Bonchev–Trinajstić information content (AvgIpc) is 1.89. The van der Waals surface area contributed by atoms with E-state index in [1.54, 1.807) is 0 Å². The fourth-order valence-corrected chi connectivity index (χ4v) is 0. The van der Waals surface area contributed by atoms with Crippen LogP contribution in [-0.2, 0) is 4.79 Å². The van der Waals surface area contributed by atoms with Gasteiger partial charge in [0.1, 0.15) is 6.61 Å². The molecule has 0 aliphatic heterocycles. The Morgan fingerprint density at radius 2 is 1.70 bits per heavy atom. The SMILES string of the molecule is CC(O)CO.O=C(O)CO. The van der Waals surface area contributed by atoms with Crippen LogP contribution in [0.2, 0.25) is 0 Å². The van der Waals surface area contributed by atoms with E-state index < -0.39 is 18.7 Å². The van der Waals surface area contributed by atoms with E-state index in [2.05, 4.69) is 0 Å². The molecule has 1 unspecified atom stereocenters. The molecule has 0 spiro atoms. The van der Waals surface area contributed by atoms with Gasteiger partial charge >= 0.3 is 5.97 Å². The first kappa shape index (κ1) is 12.1. The number of aliphatic carboxylic acids is 1. The highest BCUT2D eigenvalue weighted by Gasteiger charge is 1.83. The van der Waals surface area contributed by atoms with E-state index in [9.17, 15) is 0 Å². The van der Waals surface area contributed by atoms with Crippen molar-refractivity contribution < 1.29 is 25.2 Å². The normalized spacial score (nSPS) is 11.2. The predicted molar refractivity (Wildman–Crippen MR) is 33.5 cm³/mol. The van der Waals surface area contributed by atoms with Crippen LogP contribution >= 0.6 is 0 Å². The molecule has 0 saturated carbocycles. The third-order valence-electron chi connectivity index (χ3n) is 0.399. The quantitative estimate of drug-likeness (QED) is 0.383. The van der Waals surface area contributed by atoms with Crippen molar-refractivity contribution in [3.8, 4) is 0 Å². The van der Waals surface area contributed by atoms with Gasteiger partial charge in [0.25, 0.3) is 0 Å². The van der Waals surface area contributed by atoms with Crippen molar-refractivity contribution in [1.29, 1.82) is 0 Å². The van der Waals surface area contributed by atoms with E-state index in [1.165, 1.54) is 6.92 Å². The molecule has 5 heteroatoms. The molecule has 0 aromatic carbocycles. The fourth-order valence-electron chi connectivity index (χ4n) is 0. The highest BCUT2D eigenvalue weighted by Crippen LogP contribution is 1.68. The molecule has 0 amide bonds. The van der Waals surface area contributed by atoms with Crippen LogP contribution in [-0.4, -0.2) is 45.7 Å². The lowest BCUT2D eigenvalue weighted by Gasteiger charge is -1.90. The molecule has 10 heavy (non-hydrogen) atoms. The van der Waals surface area contributed by atoms with Crippen LogP contribution < -0.4 is 0 Å². The number of aliphatic hydroxyl groups excluding tert-OH is 3. The number of aliphatic hydroxyl groups is 3. The van der Waals surface area contributed by atoms with Crippen molar-refractivity contribution >= 4 is 5.97 Å². The largest absolute Gasteiger partial charge is 0.480 e. The Kier molecular flexibility index (Phi) is 10.1. The molecule has 0 aromatic rings. The smallest absolute Gasteiger partial charge is 0.329 e. The van der Waals surface area contributed by atoms with Gasteiger partial charge in [-0.05, 0) is 6.92 Å². The van der Waals surface area contributed by atoms with Crippen LogP contribution in [0.15, 0.2) is 0 Å². The van der Waals surface area contributed by atoms with E-state index in [1.807, 2.05) is 0 Å². The summed E-state index contributed by atoms with van der Waals surface area (Å²) in [7, 11) is 0. The summed E-state index contributed by atoms with van der Waals surface area (Å²) in [6.07, 6.45) is -0.560. The Morgan fingerprint density at radius 3 is 1.70 bits per heavy atom. The van der Waals surface area contributed by atoms with Crippen molar-refractivity contribution in [1.82, 2.24) is 0 Å². The van der Waals surface area contributed by atoms with Gasteiger partial charge in [0.15, 0.2) is 0 Å². The number of hydrogen-bond acceptors (Lipinski definition) is 4. The summed E-state index contributed by atoms with van der Waals surface area (Å²) in [6, 6.07) is 0. The van der Waals surface area contributed by atoms with Crippen molar-refractivity contribution in [2.45, 2.75) is 13.0 Å².